The summed E-state index contributed by atoms with van der Waals surface area (Å²) in [6.45, 7) is 1.94. The smallest absolute Gasteiger partial charge is 0.248 e. The number of nitrogens with one attached hydrogen (secondary N) is 1. The molecule has 1 aromatic heterocycles. The van der Waals surface area contributed by atoms with Gasteiger partial charge in [-0.05, 0) is 48.9 Å². The molecule has 0 atom stereocenters. The highest BCUT2D eigenvalue weighted by atomic mass is 79.9. The monoisotopic (exact) mass is 383 g/mol. The lowest BCUT2D eigenvalue weighted by Crippen LogP contribution is -2.09. The molecule has 0 radical (unpaired) electrons. The topological polar surface area (TPSA) is 59.3 Å². The van der Waals surface area contributed by atoms with E-state index in [9.17, 15) is 9.59 Å². The molecule has 5 heteroatoms. The summed E-state index contributed by atoms with van der Waals surface area (Å²) in [5.41, 5.74) is 2.40. The summed E-state index contributed by atoms with van der Waals surface area (Å²) in [6, 6.07) is 12.5. The van der Waals surface area contributed by atoms with Crippen LogP contribution in [0.3, 0.4) is 0 Å². The predicted octanol–water partition coefficient (Wildman–Crippen LogP) is 4.52. The van der Waals surface area contributed by atoms with Gasteiger partial charge in [0.15, 0.2) is 5.43 Å². The molecule has 0 aliphatic heterocycles. The third-order valence-corrected chi connectivity index (χ3v) is 4.44. The van der Waals surface area contributed by atoms with Crippen molar-refractivity contribution in [2.75, 3.05) is 5.32 Å². The molecule has 1 amide bonds. The molecule has 0 bridgehead atoms. The SMILES string of the molecule is Cc1cc(NC(=O)/C=C/c2coc3ccccc3c2=O)ccc1Br. The first-order valence-electron chi connectivity index (χ1n) is 7.30. The third kappa shape index (κ3) is 3.46. The van der Waals surface area contributed by atoms with E-state index in [1.165, 1.54) is 18.4 Å². The summed E-state index contributed by atoms with van der Waals surface area (Å²) < 4.78 is 6.39. The molecule has 1 heterocycles. The maximum Gasteiger partial charge on any atom is 0.248 e. The molecule has 0 aliphatic carbocycles. The number of fused-ring (bicyclic) bond motifs is 1. The summed E-state index contributed by atoms with van der Waals surface area (Å²) in [7, 11) is 0. The van der Waals surface area contributed by atoms with E-state index in [0.717, 1.165) is 10.0 Å². The lowest BCUT2D eigenvalue weighted by molar-refractivity contribution is -0.111. The first-order valence-corrected chi connectivity index (χ1v) is 8.09. The third-order valence-electron chi connectivity index (χ3n) is 3.55. The number of para-hydroxylation sites is 1. The number of hydrogen-bond donors (Lipinski definition) is 1. The molecule has 4 nitrogen and oxygen atoms in total. The number of hydrogen-bond acceptors (Lipinski definition) is 3. The number of halogens is 1. The first kappa shape index (κ1) is 16.2. The molecule has 120 valence electrons. The zero-order valence-electron chi connectivity index (χ0n) is 12.9. The lowest BCUT2D eigenvalue weighted by atomic mass is 10.1. The van der Waals surface area contributed by atoms with Gasteiger partial charge in [0.2, 0.25) is 5.91 Å². The largest absolute Gasteiger partial charge is 0.463 e. The van der Waals surface area contributed by atoms with E-state index in [2.05, 4.69) is 21.2 Å². The minimum Gasteiger partial charge on any atom is -0.463 e. The molecular weight excluding hydrogens is 370 g/mol. The van der Waals surface area contributed by atoms with Crippen LogP contribution in [-0.2, 0) is 4.79 Å². The standard InChI is InChI=1S/C19H14BrNO3/c1-12-10-14(7-8-16(12)20)21-18(22)9-6-13-11-24-17-5-3-2-4-15(17)19(13)23/h2-11H,1H3,(H,21,22)/b9-6+. The Labute approximate surface area is 146 Å². The molecular formula is C19H14BrNO3. The molecule has 24 heavy (non-hydrogen) atoms. The maximum atomic E-state index is 12.3. The number of carbonyl (C=O) groups excluding carboxylic acids is 1. The van der Waals surface area contributed by atoms with Crippen molar-refractivity contribution in [1.29, 1.82) is 0 Å². The molecule has 0 saturated heterocycles. The van der Waals surface area contributed by atoms with Crippen LogP contribution >= 0.6 is 15.9 Å². The van der Waals surface area contributed by atoms with Gasteiger partial charge in [0.25, 0.3) is 0 Å². The fourth-order valence-electron chi connectivity index (χ4n) is 2.28. The normalized spacial score (nSPS) is 11.1. The Balaban J connectivity index is 1.80. The summed E-state index contributed by atoms with van der Waals surface area (Å²) in [5.74, 6) is -0.315. The van der Waals surface area contributed by atoms with Gasteiger partial charge in [-0.2, -0.15) is 0 Å². The summed E-state index contributed by atoms with van der Waals surface area (Å²) in [5, 5.41) is 3.25. The fourth-order valence-corrected chi connectivity index (χ4v) is 2.53. The van der Waals surface area contributed by atoms with E-state index >= 15 is 0 Å². The van der Waals surface area contributed by atoms with Gasteiger partial charge >= 0.3 is 0 Å². The van der Waals surface area contributed by atoms with Crippen LogP contribution < -0.4 is 10.7 Å². The average Bonchev–Trinajstić information content (AvgIpc) is 2.58. The van der Waals surface area contributed by atoms with Gasteiger partial charge in [0.1, 0.15) is 11.8 Å². The average molecular weight is 384 g/mol. The Morgan fingerprint density at radius 2 is 2.00 bits per heavy atom. The van der Waals surface area contributed by atoms with E-state index in [-0.39, 0.29) is 11.3 Å². The first-order chi connectivity index (χ1) is 11.5. The van der Waals surface area contributed by atoms with Crippen LogP contribution in [0.25, 0.3) is 17.0 Å². The summed E-state index contributed by atoms with van der Waals surface area (Å²) in [4.78, 5) is 24.3. The van der Waals surface area contributed by atoms with Gasteiger partial charge in [-0.1, -0.05) is 28.1 Å². The fraction of sp³-hybridized carbons (Fsp3) is 0.0526. The molecule has 0 aliphatic rings. The van der Waals surface area contributed by atoms with Crippen LogP contribution in [0.1, 0.15) is 11.1 Å². The van der Waals surface area contributed by atoms with E-state index < -0.39 is 0 Å². The number of benzene rings is 2. The van der Waals surface area contributed by atoms with Crippen LogP contribution in [0.15, 0.2) is 68.5 Å². The molecule has 2 aromatic carbocycles. The van der Waals surface area contributed by atoms with Crippen LogP contribution in [0.2, 0.25) is 0 Å². The molecule has 3 rings (SSSR count). The second-order valence-electron chi connectivity index (χ2n) is 5.30. The zero-order chi connectivity index (χ0) is 17.1. The van der Waals surface area contributed by atoms with Gasteiger partial charge in [-0.3, -0.25) is 9.59 Å². The molecule has 1 N–H and O–H groups in total. The van der Waals surface area contributed by atoms with Crippen molar-refractivity contribution in [2.45, 2.75) is 6.92 Å². The summed E-state index contributed by atoms with van der Waals surface area (Å²) in [6.07, 6.45) is 4.13. The van der Waals surface area contributed by atoms with Gasteiger partial charge in [0, 0.05) is 16.2 Å². The van der Waals surface area contributed by atoms with E-state index in [4.69, 9.17) is 4.42 Å². The maximum absolute atomic E-state index is 12.3. The molecule has 0 saturated carbocycles. The molecule has 0 spiro atoms. The Morgan fingerprint density at radius 1 is 1.21 bits per heavy atom. The minimum atomic E-state index is -0.315. The van der Waals surface area contributed by atoms with Crippen molar-refractivity contribution in [1.82, 2.24) is 0 Å². The number of anilines is 1. The van der Waals surface area contributed by atoms with Crippen LogP contribution in [-0.4, -0.2) is 5.91 Å². The molecule has 0 fully saturated rings. The lowest BCUT2D eigenvalue weighted by Gasteiger charge is -2.04. The van der Waals surface area contributed by atoms with Crippen molar-refractivity contribution in [3.8, 4) is 0 Å². The van der Waals surface area contributed by atoms with Crippen molar-refractivity contribution in [2.24, 2.45) is 0 Å². The van der Waals surface area contributed by atoms with Gasteiger partial charge in [-0.25, -0.2) is 0 Å². The van der Waals surface area contributed by atoms with Gasteiger partial charge in [0.05, 0.1) is 10.9 Å². The van der Waals surface area contributed by atoms with Gasteiger partial charge in [-0.15, -0.1) is 0 Å². The minimum absolute atomic E-state index is 0.166. The molecule has 0 unspecified atom stereocenters. The Morgan fingerprint density at radius 3 is 2.79 bits per heavy atom. The highest BCUT2D eigenvalue weighted by Gasteiger charge is 2.05. The zero-order valence-corrected chi connectivity index (χ0v) is 14.5. The predicted molar refractivity (Wildman–Crippen MR) is 99.0 cm³/mol. The second kappa shape index (κ2) is 6.84. The van der Waals surface area contributed by atoms with Crippen molar-refractivity contribution in [3.63, 3.8) is 0 Å². The quantitative estimate of drug-likeness (QED) is 0.676. The van der Waals surface area contributed by atoms with Crippen molar-refractivity contribution < 1.29 is 9.21 Å². The number of aryl methyl sites for hydroxylation is 1. The van der Waals surface area contributed by atoms with Crippen LogP contribution in [0.4, 0.5) is 5.69 Å². The van der Waals surface area contributed by atoms with Gasteiger partial charge < -0.3 is 9.73 Å². The van der Waals surface area contributed by atoms with Crippen molar-refractivity contribution >= 4 is 44.6 Å². The highest BCUT2D eigenvalue weighted by Crippen LogP contribution is 2.20. The second-order valence-corrected chi connectivity index (χ2v) is 6.16. The van der Waals surface area contributed by atoms with E-state index in [1.54, 1.807) is 30.3 Å². The Hall–Kier alpha value is -2.66. The van der Waals surface area contributed by atoms with Crippen molar-refractivity contribution in [3.05, 3.63) is 80.6 Å². The Kier molecular flexibility index (Phi) is 4.62. The molecule has 3 aromatic rings. The summed E-state index contributed by atoms with van der Waals surface area (Å²) >= 11 is 3.41. The van der Waals surface area contributed by atoms with E-state index in [0.29, 0.717) is 22.2 Å². The van der Waals surface area contributed by atoms with Crippen LogP contribution in [0.5, 0.6) is 0 Å². The number of rotatable bonds is 3. The van der Waals surface area contributed by atoms with Crippen LogP contribution in [0, 0.1) is 6.92 Å². The number of carbonyl (C=O) groups is 1. The highest BCUT2D eigenvalue weighted by molar-refractivity contribution is 9.10. The number of amides is 1. The van der Waals surface area contributed by atoms with E-state index in [1.807, 2.05) is 19.1 Å². The Bertz CT molecular complexity index is 1000.